The van der Waals surface area contributed by atoms with Crippen molar-refractivity contribution < 1.29 is 28.7 Å². The fraction of sp³-hybridized carbons (Fsp3) is 0.579. The molecule has 0 aliphatic carbocycles. The number of hydrogen-bond acceptors (Lipinski definition) is 6. The number of rotatable bonds is 26. The molecule has 0 unspecified atom stereocenters. The third kappa shape index (κ3) is 21.0. The first kappa shape index (κ1) is 38.7. The zero-order valence-corrected chi connectivity index (χ0v) is 30.1. The summed E-state index contributed by atoms with van der Waals surface area (Å²) in [4.78, 5) is 47.4. The van der Waals surface area contributed by atoms with Crippen molar-refractivity contribution in [3.05, 3.63) is 71.8 Å². The second-order valence-corrected chi connectivity index (χ2v) is 16.2. The van der Waals surface area contributed by atoms with Crippen LogP contribution >= 0.6 is 0 Å². The molecule has 7 heteroatoms. The molecule has 0 N–H and O–H groups in total. The van der Waals surface area contributed by atoms with Gasteiger partial charge in [-0.05, 0) is 24.3 Å². The van der Waals surface area contributed by atoms with Gasteiger partial charge in [-0.15, -0.1) is 0 Å². The van der Waals surface area contributed by atoms with E-state index in [9.17, 15) is 19.2 Å². The van der Waals surface area contributed by atoms with Gasteiger partial charge in [-0.1, -0.05) is 36.4 Å². The average molecular weight is 726 g/mol. The molecule has 0 atom stereocenters. The molecule has 0 fully saturated rings. The van der Waals surface area contributed by atoms with E-state index < -0.39 is 23.9 Å². The minimum atomic E-state index is -0.560. The fourth-order valence-corrected chi connectivity index (χ4v) is 8.78. The van der Waals surface area contributed by atoms with Gasteiger partial charge in [0, 0.05) is 0 Å². The van der Waals surface area contributed by atoms with Crippen molar-refractivity contribution in [1.29, 1.82) is 0 Å². The SMILES string of the molecule is O=C(CCCCCCCCCC[CH2][Sn][CH2]CCCCCCCCCCC(=O)OC(=O)c1ccccc1)OC(=O)c1ccccc1. The molecule has 0 aliphatic rings. The Labute approximate surface area is 281 Å². The number of carbonyl (C=O) groups is 4. The van der Waals surface area contributed by atoms with E-state index in [4.69, 9.17) is 9.47 Å². The molecular weight excluding hydrogens is 671 g/mol. The van der Waals surface area contributed by atoms with Gasteiger partial charge in [0.25, 0.3) is 0 Å². The Morgan fingerprint density at radius 1 is 0.400 bits per heavy atom. The van der Waals surface area contributed by atoms with E-state index in [-0.39, 0.29) is 21.1 Å². The predicted octanol–water partition coefficient (Wildman–Crippen LogP) is 10.1. The van der Waals surface area contributed by atoms with E-state index >= 15 is 0 Å². The van der Waals surface area contributed by atoms with Crippen LogP contribution in [-0.4, -0.2) is 45.0 Å². The first-order valence-electron chi connectivity index (χ1n) is 17.4. The van der Waals surface area contributed by atoms with Crippen molar-refractivity contribution in [2.75, 3.05) is 0 Å². The zero-order chi connectivity index (χ0) is 32.2. The van der Waals surface area contributed by atoms with Crippen LogP contribution < -0.4 is 0 Å². The second-order valence-electron chi connectivity index (χ2n) is 11.9. The van der Waals surface area contributed by atoms with E-state index in [0.29, 0.717) is 24.0 Å². The minimum Gasteiger partial charge on any atom is -0.389 e. The first-order chi connectivity index (χ1) is 22.1. The molecule has 45 heavy (non-hydrogen) atoms. The molecule has 0 amide bonds. The molecule has 246 valence electrons. The normalized spacial score (nSPS) is 10.8. The van der Waals surface area contributed by atoms with Crippen LogP contribution in [0.3, 0.4) is 0 Å². The van der Waals surface area contributed by atoms with Gasteiger partial charge in [-0.2, -0.15) is 0 Å². The molecule has 0 aromatic heterocycles. The molecule has 2 aromatic carbocycles. The number of unbranched alkanes of at least 4 members (excludes halogenated alkanes) is 16. The number of carbonyl (C=O) groups excluding carboxylic acids is 4. The van der Waals surface area contributed by atoms with Crippen LogP contribution in [0.5, 0.6) is 0 Å². The molecule has 0 spiro atoms. The number of benzene rings is 2. The summed E-state index contributed by atoms with van der Waals surface area (Å²) in [6.07, 6.45) is 22.5. The number of esters is 4. The maximum atomic E-state index is 11.9. The van der Waals surface area contributed by atoms with Crippen LogP contribution in [0.2, 0.25) is 8.87 Å². The van der Waals surface area contributed by atoms with Gasteiger partial charge in [0.1, 0.15) is 0 Å². The van der Waals surface area contributed by atoms with Gasteiger partial charge in [-0.25, -0.2) is 9.59 Å². The average Bonchev–Trinajstić information content (AvgIpc) is 3.05. The molecule has 0 aliphatic heterocycles. The predicted molar refractivity (Wildman–Crippen MR) is 181 cm³/mol. The van der Waals surface area contributed by atoms with Crippen LogP contribution in [0.25, 0.3) is 0 Å². The van der Waals surface area contributed by atoms with Gasteiger partial charge >= 0.3 is 182 Å². The molecule has 2 radical (unpaired) electrons. The topological polar surface area (TPSA) is 86.7 Å². The summed E-state index contributed by atoms with van der Waals surface area (Å²) in [5.74, 6) is -1.97. The summed E-state index contributed by atoms with van der Waals surface area (Å²) in [7, 11) is 0. The zero-order valence-electron chi connectivity index (χ0n) is 27.3. The molecule has 2 aromatic rings. The monoisotopic (exact) mass is 726 g/mol. The van der Waals surface area contributed by atoms with Crippen LogP contribution in [-0.2, 0) is 19.1 Å². The van der Waals surface area contributed by atoms with E-state index in [1.165, 1.54) is 85.9 Å². The minimum absolute atomic E-state index is 0.149. The third-order valence-corrected chi connectivity index (χ3v) is 11.9. The van der Waals surface area contributed by atoms with Gasteiger partial charge in [-0.3, -0.25) is 9.59 Å². The van der Waals surface area contributed by atoms with E-state index in [0.717, 1.165) is 38.5 Å². The molecule has 0 saturated carbocycles. The van der Waals surface area contributed by atoms with Gasteiger partial charge in [0.15, 0.2) is 0 Å². The Bertz CT molecular complexity index is 987. The van der Waals surface area contributed by atoms with Crippen molar-refractivity contribution >= 4 is 45.0 Å². The summed E-state index contributed by atoms with van der Waals surface area (Å²) < 4.78 is 12.9. The van der Waals surface area contributed by atoms with Crippen molar-refractivity contribution in [2.45, 2.75) is 137 Å². The number of ether oxygens (including phenoxy) is 2. The van der Waals surface area contributed by atoms with E-state index in [2.05, 4.69) is 0 Å². The Kier molecular flexibility index (Phi) is 23.0. The first-order valence-corrected chi connectivity index (χ1v) is 21.4. The van der Waals surface area contributed by atoms with Gasteiger partial charge in [0.05, 0.1) is 11.1 Å². The van der Waals surface area contributed by atoms with E-state index in [1.807, 2.05) is 12.1 Å². The second kappa shape index (κ2) is 26.7. The Balaban J connectivity index is 1.23. The Hall–Kier alpha value is -2.48. The molecular formula is C38H54O6Sn. The quantitative estimate of drug-likeness (QED) is 0.0415. The number of hydrogen-bond donors (Lipinski definition) is 0. The summed E-state index contributed by atoms with van der Waals surface area (Å²) in [6.45, 7) is 0. The summed E-state index contributed by atoms with van der Waals surface area (Å²) in [5, 5.41) is 0. The summed E-state index contributed by atoms with van der Waals surface area (Å²) >= 11 is -0.149. The van der Waals surface area contributed by atoms with Gasteiger partial charge in [0.2, 0.25) is 0 Å². The van der Waals surface area contributed by atoms with Gasteiger partial charge < -0.3 is 9.47 Å². The van der Waals surface area contributed by atoms with Crippen molar-refractivity contribution in [3.8, 4) is 0 Å². The maximum absolute atomic E-state index is 11.9. The molecule has 0 bridgehead atoms. The fourth-order valence-electron chi connectivity index (χ4n) is 5.21. The van der Waals surface area contributed by atoms with Crippen molar-refractivity contribution in [3.63, 3.8) is 0 Å². The smallest absolute Gasteiger partial charge is 0.389 e. The standard InChI is InChI=1S/2C19H27O3.Sn/c2*1-2-3-4-5-6-7-8-9-13-16-18(20)22-19(21)17-14-11-10-12-15-17;/h2*10-12,14-15H,1-9,13,16H2;. The summed E-state index contributed by atoms with van der Waals surface area (Å²) in [5.41, 5.74) is 0.827. The van der Waals surface area contributed by atoms with Crippen LogP contribution in [0, 0.1) is 0 Å². The Morgan fingerprint density at radius 2 is 0.689 bits per heavy atom. The van der Waals surface area contributed by atoms with Crippen LogP contribution in [0.15, 0.2) is 60.7 Å². The third-order valence-electron chi connectivity index (χ3n) is 7.90. The molecule has 0 saturated heterocycles. The molecule has 2 rings (SSSR count). The van der Waals surface area contributed by atoms with Crippen LogP contribution in [0.4, 0.5) is 0 Å². The molecule has 6 nitrogen and oxygen atoms in total. The van der Waals surface area contributed by atoms with Crippen LogP contribution in [0.1, 0.15) is 149 Å². The Morgan fingerprint density at radius 3 is 1.02 bits per heavy atom. The van der Waals surface area contributed by atoms with E-state index in [1.54, 1.807) is 48.5 Å². The summed E-state index contributed by atoms with van der Waals surface area (Å²) in [6, 6.07) is 17.3. The molecule has 0 heterocycles. The van der Waals surface area contributed by atoms with Crippen molar-refractivity contribution in [2.24, 2.45) is 0 Å². The van der Waals surface area contributed by atoms with Crippen molar-refractivity contribution in [1.82, 2.24) is 0 Å².